The van der Waals surface area contributed by atoms with Gasteiger partial charge in [0.1, 0.15) is 6.61 Å². The highest BCUT2D eigenvalue weighted by molar-refractivity contribution is 5.90. The molecule has 3 aromatic carbocycles. The van der Waals surface area contributed by atoms with Crippen molar-refractivity contribution in [2.45, 2.75) is 6.61 Å². The molecule has 0 aliphatic carbocycles. The molecule has 3 rings (SSSR count). The number of methoxy groups -OCH3 is 1. The summed E-state index contributed by atoms with van der Waals surface area (Å²) in [6.07, 6.45) is 0. The zero-order valence-electron chi connectivity index (χ0n) is 13.5. The summed E-state index contributed by atoms with van der Waals surface area (Å²) in [6.45, 7) is 0.149. The van der Waals surface area contributed by atoms with Crippen LogP contribution in [0, 0.1) is 10.1 Å². The normalized spacial score (nSPS) is 10.4. The number of ether oxygens (including phenoxy) is 2. The van der Waals surface area contributed by atoms with Crippen LogP contribution in [0.25, 0.3) is 10.8 Å². The summed E-state index contributed by atoms with van der Waals surface area (Å²) in [5, 5.41) is 13.3. The molecule has 0 N–H and O–H groups in total. The van der Waals surface area contributed by atoms with Crippen LogP contribution in [0.15, 0.2) is 60.7 Å². The third-order valence-electron chi connectivity index (χ3n) is 3.79. The summed E-state index contributed by atoms with van der Waals surface area (Å²) in [4.78, 5) is 22.2. The molecule has 25 heavy (non-hydrogen) atoms. The first-order chi connectivity index (χ1) is 12.1. The van der Waals surface area contributed by atoms with Gasteiger partial charge in [0.05, 0.1) is 17.6 Å². The predicted octanol–water partition coefficient (Wildman–Crippen LogP) is 4.11. The molecule has 0 fully saturated rings. The van der Waals surface area contributed by atoms with E-state index in [0.717, 1.165) is 16.3 Å². The average molecular weight is 337 g/mol. The van der Waals surface area contributed by atoms with E-state index in [1.807, 2.05) is 42.5 Å². The number of hydrogen-bond donors (Lipinski definition) is 0. The van der Waals surface area contributed by atoms with Crippen LogP contribution >= 0.6 is 0 Å². The van der Waals surface area contributed by atoms with Gasteiger partial charge in [-0.25, -0.2) is 4.79 Å². The standard InChI is InChI=1S/C19H15NO5/c1-24-19(21)16-8-9-17(20(22)23)18(11-16)25-12-13-6-7-14-4-2-3-5-15(14)10-13/h2-11H,12H2,1H3. The molecule has 0 unspecified atom stereocenters. The molecule has 0 atom stereocenters. The average Bonchev–Trinajstić information content (AvgIpc) is 2.65. The van der Waals surface area contributed by atoms with Crippen LogP contribution in [0.2, 0.25) is 0 Å². The highest BCUT2D eigenvalue weighted by Crippen LogP contribution is 2.29. The summed E-state index contributed by atoms with van der Waals surface area (Å²) < 4.78 is 10.3. The van der Waals surface area contributed by atoms with E-state index in [4.69, 9.17) is 4.74 Å². The van der Waals surface area contributed by atoms with E-state index in [0.29, 0.717) is 0 Å². The fourth-order valence-electron chi connectivity index (χ4n) is 2.52. The smallest absolute Gasteiger partial charge is 0.337 e. The summed E-state index contributed by atoms with van der Waals surface area (Å²) in [5.41, 5.74) is 0.867. The second-order valence-corrected chi connectivity index (χ2v) is 5.40. The van der Waals surface area contributed by atoms with Gasteiger partial charge in [-0.2, -0.15) is 0 Å². The Hall–Kier alpha value is -3.41. The van der Waals surface area contributed by atoms with Gasteiger partial charge < -0.3 is 9.47 Å². The van der Waals surface area contributed by atoms with Gasteiger partial charge in [0.15, 0.2) is 5.75 Å². The number of nitro benzene ring substituents is 1. The number of rotatable bonds is 5. The highest BCUT2D eigenvalue weighted by atomic mass is 16.6. The van der Waals surface area contributed by atoms with Gasteiger partial charge in [0.2, 0.25) is 0 Å². The van der Waals surface area contributed by atoms with E-state index in [2.05, 4.69) is 4.74 Å². The van der Waals surface area contributed by atoms with Crippen LogP contribution < -0.4 is 4.74 Å². The summed E-state index contributed by atoms with van der Waals surface area (Å²) in [6, 6.07) is 17.6. The molecule has 0 aliphatic rings. The van der Waals surface area contributed by atoms with Gasteiger partial charge in [-0.1, -0.05) is 36.4 Å². The van der Waals surface area contributed by atoms with Crippen molar-refractivity contribution in [3.8, 4) is 5.75 Å². The molecule has 0 aliphatic heterocycles. The fourth-order valence-corrected chi connectivity index (χ4v) is 2.52. The lowest BCUT2D eigenvalue weighted by Gasteiger charge is -2.09. The summed E-state index contributed by atoms with van der Waals surface area (Å²) in [7, 11) is 1.25. The topological polar surface area (TPSA) is 78.7 Å². The van der Waals surface area contributed by atoms with E-state index in [1.165, 1.54) is 25.3 Å². The Morgan fingerprint density at radius 2 is 1.80 bits per heavy atom. The molecule has 0 amide bonds. The van der Waals surface area contributed by atoms with Crippen molar-refractivity contribution >= 4 is 22.4 Å². The number of fused-ring (bicyclic) bond motifs is 1. The lowest BCUT2D eigenvalue weighted by molar-refractivity contribution is -0.385. The Bertz CT molecular complexity index is 951. The van der Waals surface area contributed by atoms with Gasteiger partial charge in [-0.15, -0.1) is 0 Å². The SMILES string of the molecule is COC(=O)c1ccc([N+](=O)[O-])c(OCc2ccc3ccccc3c2)c1. The maximum Gasteiger partial charge on any atom is 0.337 e. The van der Waals surface area contributed by atoms with Crippen molar-refractivity contribution in [3.63, 3.8) is 0 Å². The van der Waals surface area contributed by atoms with E-state index >= 15 is 0 Å². The second kappa shape index (κ2) is 7.00. The number of carbonyl (C=O) groups is 1. The van der Waals surface area contributed by atoms with Gasteiger partial charge in [0, 0.05) is 12.1 Å². The minimum Gasteiger partial charge on any atom is -0.482 e. The zero-order chi connectivity index (χ0) is 17.8. The summed E-state index contributed by atoms with van der Waals surface area (Å²) in [5.74, 6) is -0.550. The van der Waals surface area contributed by atoms with E-state index in [9.17, 15) is 14.9 Å². The van der Waals surface area contributed by atoms with Crippen molar-refractivity contribution in [3.05, 3.63) is 81.9 Å². The third kappa shape index (κ3) is 3.58. The van der Waals surface area contributed by atoms with Crippen LogP contribution in [0.5, 0.6) is 5.75 Å². The molecule has 0 radical (unpaired) electrons. The van der Waals surface area contributed by atoms with Crippen LogP contribution in [-0.4, -0.2) is 18.0 Å². The minimum absolute atomic E-state index is 0.0288. The summed E-state index contributed by atoms with van der Waals surface area (Å²) >= 11 is 0. The lowest BCUT2D eigenvalue weighted by Crippen LogP contribution is -2.04. The van der Waals surface area contributed by atoms with E-state index in [-0.39, 0.29) is 23.6 Å². The van der Waals surface area contributed by atoms with Crippen LogP contribution in [0.3, 0.4) is 0 Å². The number of nitro groups is 1. The number of benzene rings is 3. The van der Waals surface area contributed by atoms with Gasteiger partial charge >= 0.3 is 11.7 Å². The number of carbonyl (C=O) groups excluding carboxylic acids is 1. The Balaban J connectivity index is 1.87. The van der Waals surface area contributed by atoms with Crippen LogP contribution in [-0.2, 0) is 11.3 Å². The van der Waals surface area contributed by atoms with E-state index in [1.54, 1.807) is 0 Å². The molecular weight excluding hydrogens is 322 g/mol. The van der Waals surface area contributed by atoms with Crippen LogP contribution in [0.4, 0.5) is 5.69 Å². The highest BCUT2D eigenvalue weighted by Gasteiger charge is 2.18. The number of esters is 1. The maximum atomic E-state index is 11.6. The van der Waals surface area contributed by atoms with Gasteiger partial charge in [-0.3, -0.25) is 10.1 Å². The molecule has 126 valence electrons. The molecule has 0 aromatic heterocycles. The lowest BCUT2D eigenvalue weighted by atomic mass is 10.1. The van der Waals surface area contributed by atoms with Crippen molar-refractivity contribution in [2.75, 3.05) is 7.11 Å². The Labute approximate surface area is 143 Å². The van der Waals surface area contributed by atoms with E-state index < -0.39 is 10.9 Å². The maximum absolute atomic E-state index is 11.6. The molecule has 0 saturated heterocycles. The first-order valence-electron chi connectivity index (χ1n) is 7.56. The number of hydrogen-bond acceptors (Lipinski definition) is 5. The van der Waals surface area contributed by atoms with Gasteiger partial charge in [0.25, 0.3) is 0 Å². The molecule has 6 heteroatoms. The third-order valence-corrected chi connectivity index (χ3v) is 3.79. The molecule has 0 bridgehead atoms. The van der Waals surface area contributed by atoms with Crippen molar-refractivity contribution in [2.24, 2.45) is 0 Å². The Morgan fingerprint density at radius 3 is 2.52 bits per heavy atom. The quantitative estimate of drug-likeness (QED) is 0.398. The molecule has 0 spiro atoms. The molecule has 0 saturated carbocycles. The molecule has 0 heterocycles. The fraction of sp³-hybridized carbons (Fsp3) is 0.105. The second-order valence-electron chi connectivity index (χ2n) is 5.40. The first kappa shape index (κ1) is 16.4. The monoisotopic (exact) mass is 337 g/mol. The zero-order valence-corrected chi connectivity index (χ0v) is 13.5. The van der Waals surface area contributed by atoms with Crippen molar-refractivity contribution < 1.29 is 19.2 Å². The largest absolute Gasteiger partial charge is 0.482 e. The van der Waals surface area contributed by atoms with Crippen molar-refractivity contribution in [1.29, 1.82) is 0 Å². The first-order valence-corrected chi connectivity index (χ1v) is 7.56. The predicted molar refractivity (Wildman–Crippen MR) is 92.7 cm³/mol. The molecule has 6 nitrogen and oxygen atoms in total. The minimum atomic E-state index is -0.578. The van der Waals surface area contributed by atoms with Crippen molar-refractivity contribution in [1.82, 2.24) is 0 Å². The molecular formula is C19H15NO5. The van der Waals surface area contributed by atoms with Crippen LogP contribution in [0.1, 0.15) is 15.9 Å². The Morgan fingerprint density at radius 1 is 1.04 bits per heavy atom. The molecule has 3 aromatic rings. The van der Waals surface area contributed by atoms with Gasteiger partial charge in [-0.05, 0) is 28.5 Å². The Kier molecular flexibility index (Phi) is 4.61. The number of nitrogens with zero attached hydrogens (tertiary/aromatic N) is 1.